The molecule has 0 bridgehead atoms. The molecule has 1 aliphatic rings. The Morgan fingerprint density at radius 3 is 2.48 bits per heavy atom. The highest BCUT2D eigenvalue weighted by Gasteiger charge is 2.34. The maximum atomic E-state index is 14.2. The van der Waals surface area contributed by atoms with E-state index in [1.54, 1.807) is 64.5 Å². The van der Waals surface area contributed by atoms with Crippen LogP contribution in [-0.4, -0.2) is 37.5 Å². The molecule has 0 unspecified atom stereocenters. The first-order valence-corrected chi connectivity index (χ1v) is 17.6. The van der Waals surface area contributed by atoms with Gasteiger partial charge >= 0.3 is 5.97 Å². The molecule has 0 amide bonds. The van der Waals surface area contributed by atoms with Crippen molar-refractivity contribution in [3.63, 3.8) is 0 Å². The maximum absolute atomic E-state index is 14.2. The molecule has 0 saturated carbocycles. The van der Waals surface area contributed by atoms with Crippen LogP contribution in [0.15, 0.2) is 69.6 Å². The van der Waals surface area contributed by atoms with E-state index in [4.69, 9.17) is 46.9 Å². The zero-order chi connectivity index (χ0) is 34.7. The van der Waals surface area contributed by atoms with Crippen molar-refractivity contribution in [2.45, 2.75) is 46.4 Å². The number of esters is 1. The number of nitrogens with zero attached hydrogens (tertiary/aromatic N) is 2. The summed E-state index contributed by atoms with van der Waals surface area (Å²) in [5.74, 6) is 1.50. The van der Waals surface area contributed by atoms with Crippen molar-refractivity contribution in [3.05, 3.63) is 110 Å². The van der Waals surface area contributed by atoms with Crippen LogP contribution in [0, 0.1) is 3.57 Å². The van der Waals surface area contributed by atoms with Gasteiger partial charge < -0.3 is 23.7 Å². The van der Waals surface area contributed by atoms with Crippen LogP contribution >= 0.6 is 57.1 Å². The molecule has 0 N–H and O–H groups in total. The Kier molecular flexibility index (Phi) is 11.4. The van der Waals surface area contributed by atoms with Gasteiger partial charge in [0.15, 0.2) is 27.8 Å². The zero-order valence-electron chi connectivity index (χ0n) is 27.1. The molecule has 252 valence electrons. The number of ether oxygens (including phenoxy) is 5. The molecule has 0 radical (unpaired) electrons. The van der Waals surface area contributed by atoms with Crippen LogP contribution in [0.1, 0.15) is 50.4 Å². The molecule has 1 atom stereocenters. The molecule has 0 aliphatic carbocycles. The van der Waals surface area contributed by atoms with Crippen LogP contribution in [-0.2, 0) is 16.1 Å². The van der Waals surface area contributed by atoms with Crippen molar-refractivity contribution in [3.8, 4) is 23.0 Å². The lowest BCUT2D eigenvalue weighted by molar-refractivity contribution is -0.139. The van der Waals surface area contributed by atoms with E-state index in [-0.39, 0.29) is 30.5 Å². The van der Waals surface area contributed by atoms with E-state index in [1.807, 2.05) is 32.0 Å². The summed E-state index contributed by atoms with van der Waals surface area (Å²) in [5, 5.41) is 1.04. The minimum absolute atomic E-state index is 0.0797. The van der Waals surface area contributed by atoms with Crippen LogP contribution in [0.2, 0.25) is 10.0 Å². The third-order valence-corrected chi connectivity index (χ3v) is 9.69. The van der Waals surface area contributed by atoms with Crippen molar-refractivity contribution in [2.24, 2.45) is 4.99 Å². The predicted molar refractivity (Wildman–Crippen MR) is 196 cm³/mol. The fourth-order valence-corrected chi connectivity index (χ4v) is 7.51. The minimum Gasteiger partial charge on any atom is -0.493 e. The highest BCUT2D eigenvalue weighted by atomic mass is 127. The summed E-state index contributed by atoms with van der Waals surface area (Å²) in [7, 11) is 3.10. The van der Waals surface area contributed by atoms with Gasteiger partial charge in [-0.1, -0.05) is 46.7 Å². The van der Waals surface area contributed by atoms with Gasteiger partial charge in [-0.15, -0.1) is 0 Å². The van der Waals surface area contributed by atoms with Crippen molar-refractivity contribution in [1.29, 1.82) is 0 Å². The zero-order valence-corrected chi connectivity index (χ0v) is 31.5. The van der Waals surface area contributed by atoms with Crippen molar-refractivity contribution in [1.82, 2.24) is 4.57 Å². The second kappa shape index (κ2) is 15.4. The number of thiazole rings is 1. The van der Waals surface area contributed by atoms with E-state index >= 15 is 0 Å². The fraction of sp³-hybridized carbons (Fsp3) is 0.286. The number of rotatable bonds is 11. The number of hydrogen-bond donors (Lipinski definition) is 0. The van der Waals surface area contributed by atoms with E-state index in [0.717, 1.165) is 9.13 Å². The third-order valence-electron chi connectivity index (χ3n) is 7.32. The number of benzene rings is 3. The predicted octanol–water partition coefficient (Wildman–Crippen LogP) is 7.09. The molecule has 0 fully saturated rings. The minimum atomic E-state index is -0.811. The fourth-order valence-electron chi connectivity index (χ4n) is 5.22. The smallest absolute Gasteiger partial charge is 0.338 e. The number of aromatic nitrogens is 1. The van der Waals surface area contributed by atoms with E-state index < -0.39 is 12.0 Å². The molecule has 13 heteroatoms. The molecule has 9 nitrogen and oxygen atoms in total. The van der Waals surface area contributed by atoms with Crippen LogP contribution in [0.25, 0.3) is 6.08 Å². The summed E-state index contributed by atoms with van der Waals surface area (Å²) < 4.78 is 31.5. The summed E-state index contributed by atoms with van der Waals surface area (Å²) in [6.45, 7) is 7.70. The lowest BCUT2D eigenvalue weighted by atomic mass is 9.95. The third kappa shape index (κ3) is 7.54. The summed E-state index contributed by atoms with van der Waals surface area (Å²) in [5.41, 5.74) is 2.56. The quantitative estimate of drug-likeness (QED) is 0.118. The molecule has 3 aromatic carbocycles. The topological polar surface area (TPSA) is 97.6 Å². The molecular weight excluding hydrogens is 790 g/mol. The normalized spacial score (nSPS) is 14.5. The number of hydrogen-bond acceptors (Lipinski definition) is 9. The van der Waals surface area contributed by atoms with Crippen LogP contribution < -0.4 is 33.8 Å². The lowest BCUT2D eigenvalue weighted by Gasteiger charge is -2.25. The second-order valence-corrected chi connectivity index (χ2v) is 14.0. The Hall–Kier alpha value is -3.52. The summed E-state index contributed by atoms with van der Waals surface area (Å²) in [6, 6.07) is 13.5. The summed E-state index contributed by atoms with van der Waals surface area (Å²) in [4.78, 5) is 32.7. The summed E-state index contributed by atoms with van der Waals surface area (Å²) in [6.07, 6.45) is 1.69. The van der Waals surface area contributed by atoms with Gasteiger partial charge in [-0.2, -0.15) is 0 Å². The van der Waals surface area contributed by atoms with Gasteiger partial charge in [0.05, 0.1) is 52.3 Å². The Morgan fingerprint density at radius 2 is 1.81 bits per heavy atom. The molecule has 2 heterocycles. The van der Waals surface area contributed by atoms with E-state index in [1.165, 1.54) is 15.9 Å². The number of carbonyl (C=O) groups excluding carboxylic acids is 1. The average Bonchev–Trinajstić information content (AvgIpc) is 3.34. The van der Waals surface area contributed by atoms with Gasteiger partial charge in [-0.3, -0.25) is 9.36 Å². The number of fused-ring (bicyclic) bond motifs is 1. The first-order chi connectivity index (χ1) is 22.9. The molecule has 5 rings (SSSR count). The van der Waals surface area contributed by atoms with E-state index in [9.17, 15) is 9.59 Å². The largest absolute Gasteiger partial charge is 0.493 e. The number of methoxy groups -OCH3 is 2. The molecule has 0 saturated heterocycles. The van der Waals surface area contributed by atoms with Gasteiger partial charge in [0, 0.05) is 15.6 Å². The Balaban J connectivity index is 1.59. The summed E-state index contributed by atoms with van der Waals surface area (Å²) >= 11 is 15.8. The van der Waals surface area contributed by atoms with E-state index in [2.05, 4.69) is 27.6 Å². The molecule has 1 aromatic heterocycles. The van der Waals surface area contributed by atoms with Crippen molar-refractivity contribution < 1.29 is 28.5 Å². The number of carbonyl (C=O) groups is 1. The van der Waals surface area contributed by atoms with Gasteiger partial charge in [-0.05, 0) is 104 Å². The molecular formula is C35H33Cl2IN2O7S. The van der Waals surface area contributed by atoms with Crippen LogP contribution in [0.5, 0.6) is 23.0 Å². The number of halogens is 3. The van der Waals surface area contributed by atoms with Crippen LogP contribution in [0.3, 0.4) is 0 Å². The van der Waals surface area contributed by atoms with E-state index in [0.29, 0.717) is 59.2 Å². The van der Waals surface area contributed by atoms with Gasteiger partial charge in [0.2, 0.25) is 0 Å². The molecule has 1 aliphatic heterocycles. The van der Waals surface area contributed by atoms with Gasteiger partial charge in [0.1, 0.15) is 6.61 Å². The monoisotopic (exact) mass is 822 g/mol. The Labute approximate surface area is 305 Å². The SMILES string of the molecule is CCOC(=O)C1=C(C)N=c2s/c(=C\c3cc(I)c(OCc4ccc(Cl)cc4Cl)c(OC)c3)c(=O)n2[C@@H]1c1ccc(OC(C)C)c(OC)c1. The first-order valence-electron chi connectivity index (χ1n) is 14.9. The molecule has 4 aromatic rings. The Bertz CT molecular complexity index is 2090. The second-order valence-electron chi connectivity index (χ2n) is 10.9. The average molecular weight is 824 g/mol. The highest BCUT2D eigenvalue weighted by Crippen LogP contribution is 2.37. The standard InChI is InChI=1S/C35H33Cl2IN2O7S/c1-7-45-34(42)30-19(4)39-35-40(31(30)21-9-11-26(47-18(2)3)27(15-21)43-5)33(41)29(48-35)14-20-12-25(38)32(28(13-20)44-6)46-17-22-8-10-23(36)16-24(22)37/h8-16,18,31H,7,17H2,1-6H3/b29-14-/t31-/m1/s1. The highest BCUT2D eigenvalue weighted by molar-refractivity contribution is 14.1. The van der Waals surface area contributed by atoms with Crippen molar-refractivity contribution in [2.75, 3.05) is 20.8 Å². The van der Waals surface area contributed by atoms with Gasteiger partial charge in [-0.25, -0.2) is 9.79 Å². The Morgan fingerprint density at radius 1 is 1.06 bits per heavy atom. The maximum Gasteiger partial charge on any atom is 0.338 e. The van der Waals surface area contributed by atoms with Crippen LogP contribution in [0.4, 0.5) is 0 Å². The first kappa shape index (κ1) is 35.8. The molecule has 0 spiro atoms. The lowest BCUT2D eigenvalue weighted by Crippen LogP contribution is -2.40. The molecule has 48 heavy (non-hydrogen) atoms. The number of allylic oxidation sites excluding steroid dienone is 1. The van der Waals surface area contributed by atoms with Crippen molar-refractivity contribution >= 4 is 69.2 Å². The van der Waals surface area contributed by atoms with Gasteiger partial charge in [0.25, 0.3) is 5.56 Å².